The van der Waals surface area contributed by atoms with Crippen LogP contribution >= 0.6 is 0 Å². The number of imidazole rings is 1. The SMILES string of the molecule is Cn1c(=O)n(CC2CC2(F)F)c2ccc(N3c4ccccc4CC(OC(N)=O)C3C(C)(C)C)nc21. The van der Waals surface area contributed by atoms with Gasteiger partial charge < -0.3 is 15.4 Å². The van der Waals surface area contributed by atoms with Gasteiger partial charge in [-0.3, -0.25) is 9.13 Å². The number of hydrogen-bond acceptors (Lipinski definition) is 5. The van der Waals surface area contributed by atoms with Crippen molar-refractivity contribution in [2.75, 3.05) is 4.90 Å². The fourth-order valence-electron chi connectivity index (χ4n) is 5.29. The number of carbonyl (C=O) groups excluding carboxylic acids is 1. The van der Waals surface area contributed by atoms with Crippen LogP contribution in [-0.2, 0) is 24.8 Å². The normalized spacial score (nSPS) is 23.3. The summed E-state index contributed by atoms with van der Waals surface area (Å²) in [6.07, 6.45) is -1.07. The van der Waals surface area contributed by atoms with E-state index in [1.165, 1.54) is 9.13 Å². The van der Waals surface area contributed by atoms with Gasteiger partial charge in [0.15, 0.2) is 5.65 Å². The van der Waals surface area contributed by atoms with Crippen molar-refractivity contribution in [3.05, 3.63) is 52.4 Å². The third-order valence-electron chi connectivity index (χ3n) is 7.03. The molecule has 3 atom stereocenters. The van der Waals surface area contributed by atoms with E-state index < -0.39 is 24.0 Å². The number of ether oxygens (including phenoxy) is 1. The molecule has 8 nitrogen and oxygen atoms in total. The molecular formula is C25H29F2N5O3. The van der Waals surface area contributed by atoms with Crippen LogP contribution in [-0.4, -0.2) is 38.3 Å². The van der Waals surface area contributed by atoms with Crippen molar-refractivity contribution in [3.8, 4) is 0 Å². The molecule has 1 aromatic carbocycles. The molecule has 0 saturated heterocycles. The van der Waals surface area contributed by atoms with Gasteiger partial charge in [0.1, 0.15) is 11.9 Å². The van der Waals surface area contributed by atoms with E-state index >= 15 is 0 Å². The van der Waals surface area contributed by atoms with E-state index in [4.69, 9.17) is 15.5 Å². The van der Waals surface area contributed by atoms with Crippen molar-refractivity contribution in [2.24, 2.45) is 24.1 Å². The van der Waals surface area contributed by atoms with E-state index in [1.807, 2.05) is 29.2 Å². The number of para-hydroxylation sites is 1. The van der Waals surface area contributed by atoms with E-state index in [0.29, 0.717) is 23.4 Å². The number of pyridine rings is 1. The first-order chi connectivity index (χ1) is 16.4. The number of aromatic nitrogens is 3. The number of alkyl halides is 2. The number of nitrogens with zero attached hydrogens (tertiary/aromatic N) is 4. The Kier molecular flexibility index (Phi) is 5.19. The minimum Gasteiger partial charge on any atom is -0.444 e. The molecule has 1 amide bonds. The summed E-state index contributed by atoms with van der Waals surface area (Å²) in [6, 6.07) is 11.0. The van der Waals surface area contributed by atoms with E-state index in [9.17, 15) is 18.4 Å². The summed E-state index contributed by atoms with van der Waals surface area (Å²) in [5.41, 5.74) is 7.50. The molecule has 35 heavy (non-hydrogen) atoms. The van der Waals surface area contributed by atoms with Crippen LogP contribution < -0.4 is 16.3 Å². The summed E-state index contributed by atoms with van der Waals surface area (Å²) in [5.74, 6) is -2.99. The molecule has 186 valence electrons. The highest BCUT2D eigenvalue weighted by atomic mass is 19.3. The Labute approximate surface area is 201 Å². The summed E-state index contributed by atoms with van der Waals surface area (Å²) in [5, 5.41) is 0. The van der Waals surface area contributed by atoms with Crippen molar-refractivity contribution in [3.63, 3.8) is 0 Å². The number of hydrogen-bond donors (Lipinski definition) is 1. The van der Waals surface area contributed by atoms with Crippen LogP contribution in [0.25, 0.3) is 11.2 Å². The van der Waals surface area contributed by atoms with Crippen molar-refractivity contribution in [1.29, 1.82) is 0 Å². The molecule has 3 unspecified atom stereocenters. The Morgan fingerprint density at radius 1 is 1.23 bits per heavy atom. The second-order valence-corrected chi connectivity index (χ2v) is 10.6. The number of rotatable bonds is 4. The van der Waals surface area contributed by atoms with Crippen molar-refractivity contribution < 1.29 is 18.3 Å². The van der Waals surface area contributed by atoms with Gasteiger partial charge in [0.05, 0.1) is 11.6 Å². The third kappa shape index (κ3) is 3.94. The Hall–Kier alpha value is -3.43. The lowest BCUT2D eigenvalue weighted by Gasteiger charge is -2.48. The van der Waals surface area contributed by atoms with Crippen LogP contribution in [0.1, 0.15) is 32.8 Å². The van der Waals surface area contributed by atoms with E-state index in [2.05, 4.69) is 20.8 Å². The summed E-state index contributed by atoms with van der Waals surface area (Å²) >= 11 is 0. The lowest BCUT2D eigenvalue weighted by Crippen LogP contribution is -2.55. The van der Waals surface area contributed by atoms with E-state index in [0.717, 1.165) is 11.3 Å². The largest absolute Gasteiger partial charge is 0.444 e. The second kappa shape index (κ2) is 7.79. The number of halogens is 2. The number of primary amides is 1. The number of anilines is 2. The van der Waals surface area contributed by atoms with Gasteiger partial charge in [-0.2, -0.15) is 0 Å². The summed E-state index contributed by atoms with van der Waals surface area (Å²) in [7, 11) is 1.59. The standard InChI is InChI=1S/C25H29F2N5O3/c1-24(2,3)20-18(35-22(28)33)11-14-7-5-6-8-16(14)32(20)19-10-9-17-21(29-19)30(4)23(34)31(17)13-15-12-25(15,26)27/h5-10,15,18,20H,11-13H2,1-4H3,(H2,28,33). The van der Waals surface area contributed by atoms with Gasteiger partial charge in [0.25, 0.3) is 5.92 Å². The maximum absolute atomic E-state index is 13.6. The predicted molar refractivity (Wildman–Crippen MR) is 128 cm³/mol. The third-order valence-corrected chi connectivity index (χ3v) is 7.03. The summed E-state index contributed by atoms with van der Waals surface area (Å²) in [4.78, 5) is 31.5. The minimum absolute atomic E-state index is 0.0457. The Morgan fingerprint density at radius 3 is 2.54 bits per heavy atom. The van der Waals surface area contributed by atoms with E-state index in [-0.39, 0.29) is 30.1 Å². The van der Waals surface area contributed by atoms with E-state index in [1.54, 1.807) is 19.2 Å². The Bertz CT molecular complexity index is 1370. The molecule has 1 fully saturated rings. The van der Waals surface area contributed by atoms with Gasteiger partial charge in [-0.25, -0.2) is 23.4 Å². The fourth-order valence-corrected chi connectivity index (χ4v) is 5.29. The molecule has 5 rings (SSSR count). The Balaban J connectivity index is 1.65. The predicted octanol–water partition coefficient (Wildman–Crippen LogP) is 3.96. The number of nitrogens with two attached hydrogens (primary N) is 1. The number of benzene rings is 1. The summed E-state index contributed by atoms with van der Waals surface area (Å²) < 4.78 is 35.5. The lowest BCUT2D eigenvalue weighted by molar-refractivity contribution is 0.0572. The number of amides is 1. The maximum atomic E-state index is 13.6. The molecule has 1 aliphatic heterocycles. The minimum atomic E-state index is -2.72. The van der Waals surface area contributed by atoms with Gasteiger partial charge in [-0.05, 0) is 29.2 Å². The highest BCUT2D eigenvalue weighted by Gasteiger charge is 2.57. The zero-order valence-electron chi connectivity index (χ0n) is 20.2. The Morgan fingerprint density at radius 2 is 1.91 bits per heavy atom. The van der Waals surface area contributed by atoms with Crippen LogP contribution in [0, 0.1) is 11.3 Å². The monoisotopic (exact) mass is 485 g/mol. The van der Waals surface area contributed by atoms with Gasteiger partial charge in [-0.15, -0.1) is 0 Å². The topological polar surface area (TPSA) is 95.4 Å². The maximum Gasteiger partial charge on any atom is 0.404 e. The molecule has 0 bridgehead atoms. The second-order valence-electron chi connectivity index (χ2n) is 10.6. The first kappa shape index (κ1) is 23.3. The number of carbonyl (C=O) groups is 1. The molecule has 10 heteroatoms. The zero-order valence-corrected chi connectivity index (χ0v) is 20.2. The molecule has 0 spiro atoms. The number of fused-ring (bicyclic) bond motifs is 2. The van der Waals surface area contributed by atoms with Gasteiger partial charge >= 0.3 is 11.8 Å². The highest BCUT2D eigenvalue weighted by Crippen LogP contribution is 2.49. The highest BCUT2D eigenvalue weighted by molar-refractivity contribution is 5.77. The molecule has 3 aromatic rings. The molecule has 1 aliphatic carbocycles. The quantitative estimate of drug-likeness (QED) is 0.604. The molecular weight excluding hydrogens is 456 g/mol. The van der Waals surface area contributed by atoms with Gasteiger partial charge in [0, 0.05) is 38.0 Å². The van der Waals surface area contributed by atoms with Crippen LogP contribution in [0.15, 0.2) is 41.2 Å². The first-order valence-electron chi connectivity index (χ1n) is 11.7. The molecule has 1 saturated carbocycles. The zero-order chi connectivity index (χ0) is 25.3. The first-order valence-corrected chi connectivity index (χ1v) is 11.7. The van der Waals surface area contributed by atoms with Gasteiger partial charge in [-0.1, -0.05) is 39.0 Å². The van der Waals surface area contributed by atoms with Crippen LogP contribution in [0.5, 0.6) is 0 Å². The van der Waals surface area contributed by atoms with Crippen LogP contribution in [0.3, 0.4) is 0 Å². The molecule has 2 aliphatic rings. The molecule has 3 heterocycles. The van der Waals surface area contributed by atoms with Crippen molar-refractivity contribution >= 4 is 28.8 Å². The molecule has 0 radical (unpaired) electrons. The lowest BCUT2D eigenvalue weighted by atomic mass is 9.77. The van der Waals surface area contributed by atoms with Crippen molar-refractivity contribution in [1.82, 2.24) is 14.1 Å². The van der Waals surface area contributed by atoms with Crippen LogP contribution in [0.2, 0.25) is 0 Å². The van der Waals surface area contributed by atoms with Crippen molar-refractivity contribution in [2.45, 2.75) is 58.2 Å². The summed E-state index contributed by atoms with van der Waals surface area (Å²) in [6.45, 7) is 6.11. The average molecular weight is 486 g/mol. The fraction of sp³-hybridized carbons (Fsp3) is 0.480. The average Bonchev–Trinajstić information content (AvgIpc) is 3.32. The van der Waals surface area contributed by atoms with Gasteiger partial charge in [0.2, 0.25) is 0 Å². The van der Waals surface area contributed by atoms with Crippen LogP contribution in [0.4, 0.5) is 25.1 Å². The molecule has 2 aromatic heterocycles. The smallest absolute Gasteiger partial charge is 0.404 e. The number of aryl methyl sites for hydroxylation is 1. The molecule has 2 N–H and O–H groups in total.